The lowest BCUT2D eigenvalue weighted by Crippen LogP contribution is -2.33. The highest BCUT2D eigenvalue weighted by atomic mass is 32.2. The first kappa shape index (κ1) is 19.9. The molecule has 0 spiro atoms. The molecule has 25 heavy (non-hydrogen) atoms. The second kappa shape index (κ2) is 9.31. The first-order valence-corrected chi connectivity index (χ1v) is 10.6. The maximum atomic E-state index is 12.3. The van der Waals surface area contributed by atoms with Crippen LogP contribution in [0.5, 0.6) is 0 Å². The fourth-order valence-electron chi connectivity index (χ4n) is 2.79. The Bertz CT molecular complexity index is 669. The molecule has 2 atom stereocenters. The molecule has 6 nitrogen and oxygen atoms in total. The van der Waals surface area contributed by atoms with Crippen LogP contribution in [0.4, 0.5) is 0 Å². The Hall–Kier alpha value is -1.44. The summed E-state index contributed by atoms with van der Waals surface area (Å²) in [5.74, 6) is 0.156. The number of rotatable bonds is 9. The van der Waals surface area contributed by atoms with Crippen molar-refractivity contribution < 1.29 is 17.9 Å². The van der Waals surface area contributed by atoms with Crippen LogP contribution in [0, 0.1) is 0 Å². The number of amides is 1. The van der Waals surface area contributed by atoms with Crippen molar-refractivity contribution in [2.24, 2.45) is 0 Å². The van der Waals surface area contributed by atoms with Crippen LogP contribution in [0.15, 0.2) is 24.3 Å². The lowest BCUT2D eigenvalue weighted by atomic mass is 10.1. The molecule has 1 fully saturated rings. The van der Waals surface area contributed by atoms with Crippen LogP contribution in [-0.2, 0) is 21.1 Å². The van der Waals surface area contributed by atoms with Crippen molar-refractivity contribution in [3.8, 4) is 0 Å². The van der Waals surface area contributed by atoms with Crippen LogP contribution in [0.1, 0.15) is 42.6 Å². The van der Waals surface area contributed by atoms with Gasteiger partial charge in [-0.3, -0.25) is 4.79 Å². The molecule has 2 rings (SSSR count). The highest BCUT2D eigenvalue weighted by Crippen LogP contribution is 2.11. The summed E-state index contributed by atoms with van der Waals surface area (Å²) >= 11 is 0. The van der Waals surface area contributed by atoms with E-state index in [-0.39, 0.29) is 29.6 Å². The maximum Gasteiger partial charge on any atom is 0.251 e. The lowest BCUT2D eigenvalue weighted by molar-refractivity contribution is 0.0857. The van der Waals surface area contributed by atoms with E-state index in [9.17, 15) is 13.2 Å². The van der Waals surface area contributed by atoms with Gasteiger partial charge in [-0.2, -0.15) is 0 Å². The molecule has 7 heteroatoms. The van der Waals surface area contributed by atoms with Crippen LogP contribution >= 0.6 is 0 Å². The van der Waals surface area contributed by atoms with Gasteiger partial charge in [0.05, 0.1) is 11.9 Å². The molecule has 0 aromatic heterocycles. The minimum Gasteiger partial charge on any atom is -0.376 e. The van der Waals surface area contributed by atoms with Gasteiger partial charge < -0.3 is 15.4 Å². The Morgan fingerprint density at radius 3 is 2.88 bits per heavy atom. The van der Waals surface area contributed by atoms with E-state index in [1.165, 1.54) is 0 Å². The number of hydrogen-bond donors (Lipinski definition) is 2. The van der Waals surface area contributed by atoms with Gasteiger partial charge in [-0.25, -0.2) is 8.42 Å². The number of hydrogen-bond acceptors (Lipinski definition) is 5. The number of sulfone groups is 1. The van der Waals surface area contributed by atoms with E-state index in [0.717, 1.165) is 25.0 Å². The van der Waals surface area contributed by atoms with Gasteiger partial charge >= 0.3 is 0 Å². The first-order chi connectivity index (χ1) is 11.9. The van der Waals surface area contributed by atoms with Crippen molar-refractivity contribution in [2.75, 3.05) is 24.7 Å². The van der Waals surface area contributed by atoms with Gasteiger partial charge in [-0.05, 0) is 37.5 Å². The summed E-state index contributed by atoms with van der Waals surface area (Å²) in [5.41, 5.74) is 1.55. The van der Waals surface area contributed by atoms with Crippen molar-refractivity contribution in [1.29, 1.82) is 0 Å². The van der Waals surface area contributed by atoms with Gasteiger partial charge in [-0.15, -0.1) is 0 Å². The van der Waals surface area contributed by atoms with E-state index in [1.54, 1.807) is 13.0 Å². The van der Waals surface area contributed by atoms with Crippen molar-refractivity contribution in [1.82, 2.24) is 10.6 Å². The standard InChI is InChI=1S/C18H28N2O4S/c1-3-25(22,23)13-14(2)19-11-15-6-4-7-16(10-15)18(21)20-12-17-8-5-9-24-17/h4,6-7,10,14,17,19H,3,5,8-9,11-13H2,1-2H3,(H,20,21). The monoisotopic (exact) mass is 368 g/mol. The van der Waals surface area contributed by atoms with Crippen molar-refractivity contribution in [3.63, 3.8) is 0 Å². The normalized spacial score (nSPS) is 18.9. The highest BCUT2D eigenvalue weighted by molar-refractivity contribution is 7.91. The molecule has 0 bridgehead atoms. The van der Waals surface area contributed by atoms with Crippen molar-refractivity contribution >= 4 is 15.7 Å². The van der Waals surface area contributed by atoms with Gasteiger partial charge in [0.2, 0.25) is 0 Å². The van der Waals surface area contributed by atoms with E-state index >= 15 is 0 Å². The van der Waals surface area contributed by atoms with E-state index in [0.29, 0.717) is 18.7 Å². The summed E-state index contributed by atoms with van der Waals surface area (Å²) in [6, 6.07) is 7.23. The van der Waals surface area contributed by atoms with Gasteiger partial charge in [-0.1, -0.05) is 19.1 Å². The molecule has 0 aliphatic carbocycles. The summed E-state index contributed by atoms with van der Waals surface area (Å²) in [6.45, 7) is 5.33. The van der Waals surface area contributed by atoms with E-state index < -0.39 is 9.84 Å². The minimum atomic E-state index is -3.00. The fourth-order valence-corrected chi connectivity index (χ4v) is 3.90. The smallest absolute Gasteiger partial charge is 0.251 e. The topological polar surface area (TPSA) is 84.5 Å². The SMILES string of the molecule is CCS(=O)(=O)CC(C)NCc1cccc(C(=O)NCC2CCCO2)c1. The average Bonchev–Trinajstić information content (AvgIpc) is 3.11. The number of carbonyl (C=O) groups excluding carboxylic acids is 1. The third-order valence-corrected chi connectivity index (χ3v) is 6.19. The zero-order valence-corrected chi connectivity index (χ0v) is 15.8. The van der Waals surface area contributed by atoms with E-state index in [2.05, 4.69) is 10.6 Å². The Morgan fingerprint density at radius 2 is 2.20 bits per heavy atom. The third kappa shape index (κ3) is 6.76. The molecule has 1 heterocycles. The average molecular weight is 368 g/mol. The highest BCUT2D eigenvalue weighted by Gasteiger charge is 2.17. The summed E-state index contributed by atoms with van der Waals surface area (Å²) in [4.78, 5) is 12.3. The summed E-state index contributed by atoms with van der Waals surface area (Å²) in [5, 5.41) is 6.11. The van der Waals surface area contributed by atoms with Gasteiger partial charge in [0.1, 0.15) is 0 Å². The zero-order valence-electron chi connectivity index (χ0n) is 15.0. The summed E-state index contributed by atoms with van der Waals surface area (Å²) in [6.07, 6.45) is 2.16. The Labute approximate surface area is 150 Å². The molecular formula is C18H28N2O4S. The molecule has 1 aliphatic rings. The lowest BCUT2D eigenvalue weighted by Gasteiger charge is -2.14. The zero-order chi connectivity index (χ0) is 18.3. The molecule has 1 amide bonds. The number of nitrogens with one attached hydrogen (secondary N) is 2. The fraction of sp³-hybridized carbons (Fsp3) is 0.611. The Kier molecular flexibility index (Phi) is 7.40. The number of benzene rings is 1. The van der Waals surface area contributed by atoms with Crippen LogP contribution < -0.4 is 10.6 Å². The van der Waals surface area contributed by atoms with Crippen molar-refractivity contribution in [2.45, 2.75) is 45.4 Å². The van der Waals surface area contributed by atoms with Crippen LogP contribution in [0.2, 0.25) is 0 Å². The van der Waals surface area contributed by atoms with E-state index in [4.69, 9.17) is 4.74 Å². The predicted molar refractivity (Wildman–Crippen MR) is 98.4 cm³/mol. The molecule has 0 saturated carbocycles. The largest absolute Gasteiger partial charge is 0.376 e. The van der Waals surface area contributed by atoms with Crippen LogP contribution in [0.3, 0.4) is 0 Å². The second-order valence-electron chi connectivity index (χ2n) is 6.53. The molecule has 1 saturated heterocycles. The molecule has 0 radical (unpaired) electrons. The van der Waals surface area contributed by atoms with E-state index in [1.807, 2.05) is 25.1 Å². The van der Waals surface area contributed by atoms with Crippen LogP contribution in [0.25, 0.3) is 0 Å². The molecule has 1 aliphatic heterocycles. The molecular weight excluding hydrogens is 340 g/mol. The molecule has 1 aromatic rings. The Balaban J connectivity index is 1.84. The Morgan fingerprint density at radius 1 is 1.40 bits per heavy atom. The number of carbonyl (C=O) groups is 1. The minimum absolute atomic E-state index is 0.112. The van der Waals surface area contributed by atoms with Crippen LogP contribution in [-0.4, -0.2) is 51.1 Å². The van der Waals surface area contributed by atoms with Gasteiger partial charge in [0.25, 0.3) is 5.91 Å². The molecule has 1 aromatic carbocycles. The third-order valence-electron chi connectivity index (χ3n) is 4.30. The maximum absolute atomic E-state index is 12.3. The number of ether oxygens (including phenoxy) is 1. The molecule has 2 N–H and O–H groups in total. The predicted octanol–water partition coefficient (Wildman–Crippen LogP) is 1.51. The quantitative estimate of drug-likeness (QED) is 0.690. The molecule has 2 unspecified atom stereocenters. The van der Waals surface area contributed by atoms with Gasteiger partial charge in [0, 0.05) is 37.1 Å². The summed E-state index contributed by atoms with van der Waals surface area (Å²) < 4.78 is 28.8. The van der Waals surface area contributed by atoms with Crippen molar-refractivity contribution in [3.05, 3.63) is 35.4 Å². The molecule has 140 valence electrons. The second-order valence-corrected chi connectivity index (χ2v) is 8.92. The van der Waals surface area contributed by atoms with Gasteiger partial charge in [0.15, 0.2) is 9.84 Å². The summed E-state index contributed by atoms with van der Waals surface area (Å²) in [7, 11) is -3.00. The first-order valence-electron chi connectivity index (χ1n) is 8.82.